The average molecular weight is 383 g/mol. The summed E-state index contributed by atoms with van der Waals surface area (Å²) < 4.78 is 49.9. The van der Waals surface area contributed by atoms with Crippen LogP contribution in [-0.4, -0.2) is 43.8 Å². The van der Waals surface area contributed by atoms with E-state index < -0.39 is 17.8 Å². The van der Waals surface area contributed by atoms with Gasteiger partial charge in [0.15, 0.2) is 0 Å². The van der Waals surface area contributed by atoms with Crippen LogP contribution in [0.15, 0.2) is 47.1 Å². The van der Waals surface area contributed by atoms with Crippen LogP contribution in [-0.2, 0) is 10.9 Å². The van der Waals surface area contributed by atoms with Crippen LogP contribution in [0.25, 0.3) is 0 Å². The van der Waals surface area contributed by atoms with Gasteiger partial charge in [-0.1, -0.05) is 12.1 Å². The van der Waals surface area contributed by atoms with E-state index in [9.17, 15) is 18.0 Å². The molecule has 0 saturated carbocycles. The number of carbonyl (C=O) groups is 1. The molecule has 146 valence electrons. The van der Waals surface area contributed by atoms with Gasteiger partial charge in [-0.3, -0.25) is 4.90 Å². The first-order valence-electron chi connectivity index (χ1n) is 8.51. The summed E-state index contributed by atoms with van der Waals surface area (Å²) >= 11 is 0. The number of hydrogen-bond donors (Lipinski definition) is 2. The summed E-state index contributed by atoms with van der Waals surface area (Å²) in [7, 11) is 0. The van der Waals surface area contributed by atoms with Crippen LogP contribution < -0.4 is 10.6 Å². The minimum Gasteiger partial charge on any atom is -0.468 e. The van der Waals surface area contributed by atoms with Crippen molar-refractivity contribution in [3.05, 3.63) is 54.0 Å². The van der Waals surface area contributed by atoms with Crippen molar-refractivity contribution < 1.29 is 27.1 Å². The molecule has 2 amide bonds. The van der Waals surface area contributed by atoms with Gasteiger partial charge in [0.05, 0.1) is 36.8 Å². The second-order valence-electron chi connectivity index (χ2n) is 6.06. The molecule has 1 unspecified atom stereocenters. The Bertz CT molecular complexity index is 744. The number of anilines is 1. The van der Waals surface area contributed by atoms with Crippen molar-refractivity contribution in [3.63, 3.8) is 0 Å². The van der Waals surface area contributed by atoms with Gasteiger partial charge in [0.1, 0.15) is 5.76 Å². The lowest BCUT2D eigenvalue weighted by Crippen LogP contribution is -2.44. The third kappa shape index (κ3) is 5.01. The maximum absolute atomic E-state index is 13.0. The molecule has 2 aromatic rings. The molecular formula is C18H20F3N3O3. The highest BCUT2D eigenvalue weighted by atomic mass is 19.4. The van der Waals surface area contributed by atoms with Crippen LogP contribution in [0.5, 0.6) is 0 Å². The van der Waals surface area contributed by atoms with E-state index in [1.54, 1.807) is 18.4 Å². The molecule has 0 aliphatic carbocycles. The van der Waals surface area contributed by atoms with Crippen molar-refractivity contribution in [3.8, 4) is 0 Å². The molecular weight excluding hydrogens is 363 g/mol. The predicted octanol–water partition coefficient (Wildman–Crippen LogP) is 3.49. The van der Waals surface area contributed by atoms with E-state index in [1.807, 2.05) is 0 Å². The van der Waals surface area contributed by atoms with Gasteiger partial charge in [-0.05, 0) is 24.3 Å². The molecule has 0 spiro atoms. The van der Waals surface area contributed by atoms with Gasteiger partial charge in [-0.15, -0.1) is 0 Å². The third-order valence-electron chi connectivity index (χ3n) is 4.29. The molecule has 6 nitrogen and oxygen atoms in total. The summed E-state index contributed by atoms with van der Waals surface area (Å²) in [4.78, 5) is 14.3. The fourth-order valence-electron chi connectivity index (χ4n) is 2.97. The number of rotatable bonds is 5. The Morgan fingerprint density at radius 1 is 1.15 bits per heavy atom. The lowest BCUT2D eigenvalue weighted by Gasteiger charge is -2.33. The topological polar surface area (TPSA) is 66.7 Å². The molecule has 2 heterocycles. The number of ether oxygens (including phenoxy) is 1. The number of amides is 2. The zero-order valence-corrected chi connectivity index (χ0v) is 14.5. The lowest BCUT2D eigenvalue weighted by atomic mass is 10.1. The van der Waals surface area contributed by atoms with E-state index in [-0.39, 0.29) is 18.3 Å². The standard InChI is InChI=1S/C18H20F3N3O3/c19-18(20,21)13-4-1-2-5-14(13)23-17(25)22-12-15(16-6-3-9-27-16)24-7-10-26-11-8-24/h1-6,9,15H,7-8,10-12H2,(H2,22,23,25). The summed E-state index contributed by atoms with van der Waals surface area (Å²) in [6.45, 7) is 2.68. The highest BCUT2D eigenvalue weighted by molar-refractivity contribution is 5.90. The Morgan fingerprint density at radius 3 is 2.56 bits per heavy atom. The van der Waals surface area contributed by atoms with E-state index in [2.05, 4.69) is 15.5 Å². The Morgan fingerprint density at radius 2 is 1.89 bits per heavy atom. The molecule has 1 saturated heterocycles. The zero-order chi connectivity index (χ0) is 19.3. The Balaban J connectivity index is 1.65. The van der Waals surface area contributed by atoms with Crippen molar-refractivity contribution >= 4 is 11.7 Å². The summed E-state index contributed by atoms with van der Waals surface area (Å²) in [6, 6.07) is 7.47. The van der Waals surface area contributed by atoms with Gasteiger partial charge in [-0.2, -0.15) is 13.2 Å². The highest BCUT2D eigenvalue weighted by Gasteiger charge is 2.33. The minimum atomic E-state index is -4.55. The number of carbonyl (C=O) groups excluding carboxylic acids is 1. The Kier molecular flexibility index (Phi) is 6.02. The number of benzene rings is 1. The summed E-state index contributed by atoms with van der Waals surface area (Å²) in [5, 5.41) is 4.91. The molecule has 0 bridgehead atoms. The molecule has 9 heteroatoms. The molecule has 1 aromatic carbocycles. The van der Waals surface area contributed by atoms with Crippen LogP contribution >= 0.6 is 0 Å². The second kappa shape index (κ2) is 8.45. The largest absolute Gasteiger partial charge is 0.468 e. The van der Waals surface area contributed by atoms with Gasteiger partial charge in [0.2, 0.25) is 0 Å². The second-order valence-corrected chi connectivity index (χ2v) is 6.06. The Labute approximate surface area is 154 Å². The monoisotopic (exact) mass is 383 g/mol. The molecule has 1 aromatic heterocycles. The van der Waals surface area contributed by atoms with Crippen molar-refractivity contribution in [2.75, 3.05) is 38.2 Å². The number of nitrogens with zero attached hydrogens (tertiary/aromatic N) is 1. The van der Waals surface area contributed by atoms with E-state index in [1.165, 1.54) is 18.2 Å². The summed E-state index contributed by atoms with van der Waals surface area (Å²) in [6.07, 6.45) is -3.00. The fraction of sp³-hybridized carbons (Fsp3) is 0.389. The van der Waals surface area contributed by atoms with Crippen LogP contribution in [0, 0.1) is 0 Å². The van der Waals surface area contributed by atoms with Gasteiger partial charge in [-0.25, -0.2) is 4.79 Å². The third-order valence-corrected chi connectivity index (χ3v) is 4.29. The van der Waals surface area contributed by atoms with Crippen LogP contribution in [0.4, 0.5) is 23.7 Å². The molecule has 3 rings (SSSR count). The number of nitrogens with one attached hydrogen (secondary N) is 2. The molecule has 1 atom stereocenters. The van der Waals surface area contributed by atoms with Crippen LogP contribution in [0.3, 0.4) is 0 Å². The van der Waals surface area contributed by atoms with E-state index in [0.29, 0.717) is 32.1 Å². The molecule has 0 radical (unpaired) electrons. The number of furan rings is 1. The van der Waals surface area contributed by atoms with E-state index >= 15 is 0 Å². The molecule has 1 fully saturated rings. The number of morpholine rings is 1. The van der Waals surface area contributed by atoms with E-state index in [0.717, 1.165) is 6.07 Å². The smallest absolute Gasteiger partial charge is 0.418 e. The first kappa shape index (κ1) is 19.2. The maximum atomic E-state index is 13.0. The van der Waals surface area contributed by atoms with Crippen LogP contribution in [0.2, 0.25) is 0 Å². The van der Waals surface area contributed by atoms with E-state index in [4.69, 9.17) is 9.15 Å². The quantitative estimate of drug-likeness (QED) is 0.830. The zero-order valence-electron chi connectivity index (χ0n) is 14.5. The normalized spacial score (nSPS) is 16.7. The molecule has 1 aliphatic heterocycles. The summed E-state index contributed by atoms with van der Waals surface area (Å²) in [5.41, 5.74) is -1.18. The summed E-state index contributed by atoms with van der Waals surface area (Å²) in [5.74, 6) is 0.674. The fourth-order valence-corrected chi connectivity index (χ4v) is 2.97. The van der Waals surface area contributed by atoms with Crippen molar-refractivity contribution in [1.29, 1.82) is 0 Å². The average Bonchev–Trinajstić information content (AvgIpc) is 3.17. The van der Waals surface area contributed by atoms with Crippen LogP contribution in [0.1, 0.15) is 17.4 Å². The maximum Gasteiger partial charge on any atom is 0.418 e. The number of alkyl halides is 3. The number of hydrogen-bond acceptors (Lipinski definition) is 4. The molecule has 2 N–H and O–H groups in total. The first-order valence-corrected chi connectivity index (χ1v) is 8.51. The van der Waals surface area contributed by atoms with Crippen molar-refractivity contribution in [1.82, 2.24) is 10.2 Å². The predicted molar refractivity (Wildman–Crippen MR) is 92.3 cm³/mol. The Hall–Kier alpha value is -2.52. The van der Waals surface area contributed by atoms with Crippen molar-refractivity contribution in [2.45, 2.75) is 12.2 Å². The van der Waals surface area contributed by atoms with Gasteiger partial charge >= 0.3 is 12.2 Å². The highest BCUT2D eigenvalue weighted by Crippen LogP contribution is 2.34. The molecule has 1 aliphatic rings. The first-order chi connectivity index (χ1) is 12.9. The van der Waals surface area contributed by atoms with Gasteiger partial charge < -0.3 is 19.8 Å². The van der Waals surface area contributed by atoms with Crippen molar-refractivity contribution in [2.24, 2.45) is 0 Å². The van der Waals surface area contributed by atoms with Gasteiger partial charge in [0.25, 0.3) is 0 Å². The molecule has 27 heavy (non-hydrogen) atoms. The number of urea groups is 1. The van der Waals surface area contributed by atoms with Gasteiger partial charge in [0, 0.05) is 19.6 Å². The lowest BCUT2D eigenvalue weighted by molar-refractivity contribution is -0.136. The minimum absolute atomic E-state index is 0.188. The number of para-hydroxylation sites is 1. The number of halogens is 3. The SMILES string of the molecule is O=C(NCC(c1ccco1)N1CCOCC1)Nc1ccccc1C(F)(F)F.